The Morgan fingerprint density at radius 1 is 0.655 bits per heavy atom. The van der Waals surface area contributed by atoms with Crippen molar-refractivity contribution in [2.45, 2.75) is 52.6 Å². The molecule has 0 heterocycles. The van der Waals surface area contributed by atoms with Crippen LogP contribution in [0, 0.1) is 13.8 Å². The molecule has 2 unspecified atom stereocenters. The third-order valence-corrected chi connectivity index (χ3v) is 12.4. The molecule has 0 bridgehead atoms. The van der Waals surface area contributed by atoms with Crippen LogP contribution in [0.1, 0.15) is 42.5 Å². The molecule has 0 spiro atoms. The number of carbonyl (C=O) groups excluding carboxylic acids is 1. The lowest BCUT2D eigenvalue weighted by molar-refractivity contribution is -0.147. The van der Waals surface area contributed by atoms with E-state index in [0.717, 1.165) is 57.6 Å². The maximum atomic E-state index is 11.8. The normalized spacial score (nSPS) is 11.8. The van der Waals surface area contributed by atoms with Crippen LogP contribution < -0.4 is 14.2 Å². The van der Waals surface area contributed by atoms with Gasteiger partial charge in [-0.3, -0.25) is 9.59 Å². The van der Waals surface area contributed by atoms with E-state index in [9.17, 15) is 9.59 Å². The Labute approximate surface area is 356 Å². The van der Waals surface area contributed by atoms with E-state index in [-0.39, 0.29) is 32.8 Å². The van der Waals surface area contributed by atoms with Gasteiger partial charge in [-0.2, -0.15) is 0 Å². The van der Waals surface area contributed by atoms with Gasteiger partial charge in [0.1, 0.15) is 51.2 Å². The minimum atomic E-state index is -1.28. The first-order valence-corrected chi connectivity index (χ1v) is 23.5. The van der Waals surface area contributed by atoms with Crippen molar-refractivity contribution in [1.82, 2.24) is 0 Å². The highest BCUT2D eigenvalue weighted by Gasteiger charge is 2.26. The van der Waals surface area contributed by atoms with Crippen molar-refractivity contribution >= 4 is 79.3 Å². The summed E-state index contributed by atoms with van der Waals surface area (Å²) in [5, 5.41) is 33.7. The first-order chi connectivity index (χ1) is 28.0. The van der Waals surface area contributed by atoms with Crippen LogP contribution in [-0.4, -0.2) is 80.1 Å². The van der Waals surface area contributed by atoms with Gasteiger partial charge in [0, 0.05) is 0 Å². The summed E-state index contributed by atoms with van der Waals surface area (Å²) in [6, 6.07) is 34.8. The van der Waals surface area contributed by atoms with Crippen molar-refractivity contribution in [3.8, 4) is 17.2 Å². The predicted molar refractivity (Wildman–Crippen MR) is 244 cm³/mol. The van der Waals surface area contributed by atoms with Gasteiger partial charge in [-0.05, 0) is 106 Å². The number of fused-ring (bicyclic) bond motifs is 3. The van der Waals surface area contributed by atoms with Crippen molar-refractivity contribution in [3.05, 3.63) is 125 Å². The van der Waals surface area contributed by atoms with Crippen molar-refractivity contribution in [1.29, 1.82) is 0 Å². The lowest BCUT2D eigenvalue weighted by atomic mass is 9.99. The van der Waals surface area contributed by atoms with Crippen LogP contribution >= 0.6 is 27.5 Å². The second kappa shape index (κ2) is 23.9. The number of aliphatic hydroxyl groups excluding tert-OH is 2. The standard InChI is InChI=1S/C19H21BIO5P.C15H18O2.C12H12O2/c1-3-13-10-14-6-4-5-7-15(14)12(2)18(13)26-9-8-25-17(22)11-16(19(23)24)27(20)21;1-3-12-10-13-6-4-5-7-14(13)11(2)15(12)17-9-8-16;13-7-8-14-12-6-5-10-3-1-2-4-11(10)9-12/h4-7,10,16H,3,8-9,11H2,1-2H3,(H,23,24);4-7,10,16H,3,8-9H2,1-2H3;1-6,9,13H,7-8H2. The highest BCUT2D eigenvalue weighted by molar-refractivity contribution is 14.2. The molecule has 0 aliphatic heterocycles. The Morgan fingerprint density at radius 3 is 1.64 bits per heavy atom. The fraction of sp³-hybridized carbons (Fsp3) is 0.304. The molecule has 2 atom stereocenters. The molecular formula is C46H51BIO9P. The van der Waals surface area contributed by atoms with Gasteiger partial charge in [-0.1, -0.05) is 120 Å². The zero-order valence-corrected chi connectivity index (χ0v) is 36.5. The summed E-state index contributed by atoms with van der Waals surface area (Å²) in [5.74, 6) is 0.892. The number of aryl methyl sites for hydroxylation is 4. The van der Waals surface area contributed by atoms with Crippen molar-refractivity contribution < 1.29 is 43.9 Å². The summed E-state index contributed by atoms with van der Waals surface area (Å²) in [4.78, 5) is 23.0. The average Bonchev–Trinajstić information content (AvgIpc) is 3.23. The number of halogens is 1. The van der Waals surface area contributed by atoms with Gasteiger partial charge in [-0.15, -0.1) is 0 Å². The molecule has 2 radical (unpaired) electrons. The maximum Gasteiger partial charge on any atom is 0.311 e. The van der Waals surface area contributed by atoms with E-state index in [1.54, 1.807) is 0 Å². The van der Waals surface area contributed by atoms with Crippen LogP contribution in [0.2, 0.25) is 0 Å². The Kier molecular flexibility index (Phi) is 19.0. The first-order valence-electron chi connectivity index (χ1n) is 19.2. The summed E-state index contributed by atoms with van der Waals surface area (Å²) in [7, 11) is 5.65. The molecule has 304 valence electrons. The molecule has 0 saturated carbocycles. The molecule has 9 nitrogen and oxygen atoms in total. The lowest BCUT2D eigenvalue weighted by Crippen LogP contribution is -2.23. The van der Waals surface area contributed by atoms with E-state index >= 15 is 0 Å². The predicted octanol–water partition coefficient (Wildman–Crippen LogP) is 9.68. The van der Waals surface area contributed by atoms with Crippen LogP contribution in [0.4, 0.5) is 0 Å². The van der Waals surface area contributed by atoms with Gasteiger partial charge in [0.05, 0.1) is 25.3 Å². The van der Waals surface area contributed by atoms with E-state index in [2.05, 4.69) is 69.3 Å². The molecule has 0 amide bonds. The second-order valence-corrected chi connectivity index (χ2v) is 17.9. The molecule has 6 rings (SSSR count). The number of hydrogen-bond acceptors (Lipinski definition) is 8. The number of carboxylic acids is 1. The summed E-state index contributed by atoms with van der Waals surface area (Å²) in [6.45, 7) is 9.35. The van der Waals surface area contributed by atoms with E-state index in [1.807, 2.05) is 83.6 Å². The molecule has 12 heteroatoms. The minimum absolute atomic E-state index is 0.0484. The van der Waals surface area contributed by atoms with Crippen molar-refractivity contribution in [3.63, 3.8) is 0 Å². The Balaban J connectivity index is 0.000000205. The van der Waals surface area contributed by atoms with Gasteiger partial charge in [0.15, 0.2) is 0 Å². The Morgan fingerprint density at radius 2 is 1.14 bits per heavy atom. The lowest BCUT2D eigenvalue weighted by Gasteiger charge is -2.17. The van der Waals surface area contributed by atoms with Crippen LogP contribution in [-0.2, 0) is 27.2 Å². The number of ether oxygens (including phenoxy) is 4. The number of carboxylic acid groups (broad SMARTS) is 1. The molecule has 0 aromatic heterocycles. The van der Waals surface area contributed by atoms with Crippen LogP contribution in [0.15, 0.2) is 103 Å². The molecule has 58 heavy (non-hydrogen) atoms. The van der Waals surface area contributed by atoms with Gasteiger partial charge in [0.2, 0.25) is 0 Å². The Hall–Kier alpha value is -4.42. The number of esters is 1. The minimum Gasteiger partial charge on any atom is -0.491 e. The quantitative estimate of drug-likeness (QED) is 0.0286. The summed E-state index contributed by atoms with van der Waals surface area (Å²) < 4.78 is 22.0. The largest absolute Gasteiger partial charge is 0.491 e. The van der Waals surface area contributed by atoms with E-state index in [4.69, 9.17) is 41.8 Å². The van der Waals surface area contributed by atoms with Gasteiger partial charge < -0.3 is 34.3 Å². The van der Waals surface area contributed by atoms with Crippen molar-refractivity contribution in [2.24, 2.45) is 0 Å². The maximum absolute atomic E-state index is 11.8. The molecular weight excluding hydrogens is 865 g/mol. The molecule has 0 fully saturated rings. The molecule has 6 aromatic carbocycles. The number of aliphatic carboxylic acids is 1. The van der Waals surface area contributed by atoms with Crippen LogP contribution in [0.3, 0.4) is 0 Å². The zero-order chi connectivity index (χ0) is 42.0. The van der Waals surface area contributed by atoms with Gasteiger partial charge in [-0.25, -0.2) is 0 Å². The monoisotopic (exact) mass is 916 g/mol. The zero-order valence-electron chi connectivity index (χ0n) is 33.4. The number of hydrogen-bond donors (Lipinski definition) is 3. The summed E-state index contributed by atoms with van der Waals surface area (Å²) >= 11 is 1.85. The average molecular weight is 917 g/mol. The SMILES string of the molecule is CCc1cc2ccccc2c(C)c1OCCO.OCCOc1ccc2ccccc2c1.[B]P(I)C(CC(=O)OCCOc1c(CC)cc2ccccc2c1C)C(=O)O. The smallest absolute Gasteiger partial charge is 0.311 e. The summed E-state index contributed by atoms with van der Waals surface area (Å²) in [6.07, 6.45) is 1.54. The molecule has 3 N–H and O–H groups in total. The van der Waals surface area contributed by atoms with Crippen LogP contribution in [0.25, 0.3) is 32.3 Å². The topological polar surface area (TPSA) is 132 Å². The van der Waals surface area contributed by atoms with E-state index in [0.29, 0.717) is 13.2 Å². The van der Waals surface area contributed by atoms with E-state index in [1.165, 1.54) is 27.1 Å². The third kappa shape index (κ3) is 13.0. The molecule has 0 aliphatic rings. The van der Waals surface area contributed by atoms with E-state index < -0.39 is 23.0 Å². The fourth-order valence-electron chi connectivity index (χ4n) is 6.45. The van der Waals surface area contributed by atoms with Crippen molar-refractivity contribution in [2.75, 3.05) is 39.6 Å². The third-order valence-electron chi connectivity index (χ3n) is 9.37. The summed E-state index contributed by atoms with van der Waals surface area (Å²) in [5.41, 5.74) is 2.34. The van der Waals surface area contributed by atoms with Gasteiger partial charge >= 0.3 is 11.9 Å². The number of benzene rings is 6. The molecule has 6 aromatic rings. The first kappa shape index (κ1) is 46.3. The second-order valence-electron chi connectivity index (χ2n) is 13.3. The number of carbonyl (C=O) groups is 2. The Bertz CT molecular complexity index is 2270. The highest BCUT2D eigenvalue weighted by atomic mass is 127. The molecule has 0 aliphatic carbocycles. The fourth-order valence-corrected chi connectivity index (χ4v) is 8.29. The number of aliphatic hydroxyl groups is 2. The number of rotatable bonds is 16. The van der Waals surface area contributed by atoms with Gasteiger partial charge in [0.25, 0.3) is 0 Å². The highest BCUT2D eigenvalue weighted by Crippen LogP contribution is 2.46. The van der Waals surface area contributed by atoms with Crippen LogP contribution in [0.5, 0.6) is 17.2 Å². The molecule has 0 saturated heterocycles.